The number of pyridine rings is 1. The normalized spacial score (nSPS) is 14.6. The summed E-state index contributed by atoms with van der Waals surface area (Å²) >= 11 is 18.0. The Bertz CT molecular complexity index is 1280. The van der Waals surface area contributed by atoms with Crippen molar-refractivity contribution in [2.45, 2.75) is 12.3 Å². The number of aromatic nitrogens is 1. The Hall–Kier alpha value is -2.75. The van der Waals surface area contributed by atoms with Crippen molar-refractivity contribution in [3.63, 3.8) is 0 Å². The average molecular weight is 512 g/mol. The van der Waals surface area contributed by atoms with E-state index in [1.807, 2.05) is 0 Å². The zero-order valence-corrected chi connectivity index (χ0v) is 19.5. The first-order valence-electron chi connectivity index (χ1n) is 9.66. The van der Waals surface area contributed by atoms with Gasteiger partial charge in [0.2, 0.25) is 0 Å². The number of alkyl halides is 2. The third kappa shape index (κ3) is 4.80. The van der Waals surface area contributed by atoms with Crippen molar-refractivity contribution >= 4 is 57.2 Å². The quantitative estimate of drug-likeness (QED) is 0.454. The van der Waals surface area contributed by atoms with Crippen LogP contribution in [0.2, 0.25) is 10.0 Å². The molecule has 0 aliphatic carbocycles. The van der Waals surface area contributed by atoms with Gasteiger partial charge in [0.05, 0.1) is 36.3 Å². The van der Waals surface area contributed by atoms with Crippen molar-refractivity contribution in [3.8, 4) is 17.2 Å². The fourth-order valence-electron chi connectivity index (χ4n) is 3.45. The molecule has 0 saturated carbocycles. The number of benzene rings is 2. The van der Waals surface area contributed by atoms with Crippen LogP contribution >= 0.6 is 35.4 Å². The van der Waals surface area contributed by atoms with Crippen LogP contribution in [0, 0.1) is 0 Å². The van der Waals surface area contributed by atoms with Gasteiger partial charge in [0.1, 0.15) is 16.5 Å². The number of carbonyl (C=O) groups is 1. The molecule has 2 aromatic carbocycles. The lowest BCUT2D eigenvalue weighted by Gasteiger charge is -2.40. The predicted molar refractivity (Wildman–Crippen MR) is 126 cm³/mol. The zero-order valence-electron chi connectivity index (χ0n) is 17.2. The molecule has 172 valence electrons. The Balaban J connectivity index is 1.61. The molecule has 1 fully saturated rings. The molecule has 1 aromatic heterocycles. The van der Waals surface area contributed by atoms with Gasteiger partial charge in [-0.3, -0.25) is 9.78 Å². The molecular weight excluding hydrogens is 495 g/mol. The highest BCUT2D eigenvalue weighted by Crippen LogP contribution is 2.39. The van der Waals surface area contributed by atoms with Crippen molar-refractivity contribution in [2.75, 3.05) is 20.2 Å². The molecule has 0 radical (unpaired) electrons. The van der Waals surface area contributed by atoms with Gasteiger partial charge in [-0.1, -0.05) is 41.5 Å². The highest BCUT2D eigenvalue weighted by atomic mass is 35.5. The van der Waals surface area contributed by atoms with Gasteiger partial charge in [-0.15, -0.1) is 0 Å². The zero-order chi connectivity index (χ0) is 23.9. The summed E-state index contributed by atoms with van der Waals surface area (Å²) in [6.45, 7) is -0.757. The first kappa shape index (κ1) is 23.4. The van der Waals surface area contributed by atoms with E-state index in [0.717, 1.165) is 0 Å². The SMILES string of the molecule is COc1cc2ncc(Cl)c(Oc3ccc(CC(=S)N4CC(F)(F)C4)c(Cl)c3)c2cc1C(N)=O. The summed E-state index contributed by atoms with van der Waals surface area (Å²) in [6.07, 6.45) is 1.67. The van der Waals surface area contributed by atoms with Gasteiger partial charge in [-0.2, -0.15) is 0 Å². The molecule has 1 amide bonds. The number of primary amides is 1. The average Bonchev–Trinajstić information content (AvgIpc) is 2.74. The monoisotopic (exact) mass is 511 g/mol. The molecule has 0 unspecified atom stereocenters. The number of thiocarbonyl (C=S) groups is 1. The second-order valence-electron chi connectivity index (χ2n) is 7.51. The number of ether oxygens (including phenoxy) is 2. The van der Waals surface area contributed by atoms with E-state index in [-0.39, 0.29) is 41.6 Å². The largest absolute Gasteiger partial charge is 0.496 e. The van der Waals surface area contributed by atoms with Crippen LogP contribution in [0.5, 0.6) is 17.2 Å². The first-order valence-corrected chi connectivity index (χ1v) is 10.8. The van der Waals surface area contributed by atoms with Crippen LogP contribution < -0.4 is 15.2 Å². The number of hydrogen-bond acceptors (Lipinski definition) is 5. The second kappa shape index (κ2) is 8.89. The minimum atomic E-state index is -2.70. The standard InChI is InChI=1S/C22H17Cl2F2N3O3S/c1-31-18-7-17-13(6-14(18)21(27)30)20(16(24)8-28-17)32-12-3-2-11(15(23)5-12)4-19(33)29-9-22(25,26)10-29/h2-3,5-8H,4,9-10H2,1H3,(H2,27,30). The smallest absolute Gasteiger partial charge is 0.282 e. The molecule has 4 rings (SSSR count). The Morgan fingerprint density at radius 1 is 1.24 bits per heavy atom. The number of nitrogens with zero attached hydrogens (tertiary/aromatic N) is 2. The van der Waals surface area contributed by atoms with Crippen molar-refractivity contribution in [1.82, 2.24) is 9.88 Å². The summed E-state index contributed by atoms with van der Waals surface area (Å²) in [7, 11) is 1.42. The summed E-state index contributed by atoms with van der Waals surface area (Å²) in [6, 6.07) is 8.01. The molecule has 2 heterocycles. The van der Waals surface area contributed by atoms with E-state index >= 15 is 0 Å². The molecule has 1 saturated heterocycles. The molecule has 11 heteroatoms. The maximum absolute atomic E-state index is 13.1. The van der Waals surface area contributed by atoms with Gasteiger partial charge in [-0.25, -0.2) is 8.78 Å². The predicted octanol–water partition coefficient (Wildman–Crippen LogP) is 5.26. The summed E-state index contributed by atoms with van der Waals surface area (Å²) in [5.41, 5.74) is 6.77. The van der Waals surface area contributed by atoms with Crippen LogP contribution in [0.1, 0.15) is 15.9 Å². The topological polar surface area (TPSA) is 77.7 Å². The van der Waals surface area contributed by atoms with Crippen molar-refractivity contribution in [1.29, 1.82) is 0 Å². The highest BCUT2D eigenvalue weighted by Gasteiger charge is 2.44. The minimum absolute atomic E-state index is 0.150. The summed E-state index contributed by atoms with van der Waals surface area (Å²) in [5.74, 6) is -2.47. The molecule has 0 bridgehead atoms. The summed E-state index contributed by atoms with van der Waals surface area (Å²) < 4.78 is 37.4. The van der Waals surface area contributed by atoms with E-state index in [1.165, 1.54) is 24.3 Å². The number of likely N-dealkylation sites (tertiary alicyclic amines) is 1. The third-order valence-corrected chi connectivity index (χ3v) is 6.17. The fourth-order valence-corrected chi connectivity index (χ4v) is 4.16. The van der Waals surface area contributed by atoms with Gasteiger partial charge in [0.25, 0.3) is 11.8 Å². The maximum Gasteiger partial charge on any atom is 0.282 e. The molecule has 6 nitrogen and oxygen atoms in total. The Kier molecular flexibility index (Phi) is 6.30. The maximum atomic E-state index is 13.1. The lowest BCUT2D eigenvalue weighted by molar-refractivity contribution is -0.100. The summed E-state index contributed by atoms with van der Waals surface area (Å²) in [5, 5.41) is 1.02. The number of carbonyl (C=O) groups excluding carboxylic acids is 1. The van der Waals surface area contributed by atoms with Crippen molar-refractivity contribution < 1.29 is 23.0 Å². The van der Waals surface area contributed by atoms with E-state index < -0.39 is 11.8 Å². The summed E-state index contributed by atoms with van der Waals surface area (Å²) in [4.78, 5) is 17.9. The van der Waals surface area contributed by atoms with E-state index in [1.54, 1.807) is 24.3 Å². The molecule has 33 heavy (non-hydrogen) atoms. The van der Waals surface area contributed by atoms with Crippen LogP contribution in [0.15, 0.2) is 36.5 Å². The van der Waals surface area contributed by atoms with E-state index in [9.17, 15) is 13.6 Å². The van der Waals surface area contributed by atoms with Gasteiger partial charge < -0.3 is 20.1 Å². The van der Waals surface area contributed by atoms with E-state index in [0.29, 0.717) is 32.2 Å². The number of amides is 1. The number of hydrogen-bond donors (Lipinski definition) is 1. The molecule has 2 N–H and O–H groups in total. The van der Waals surface area contributed by atoms with Crippen molar-refractivity contribution in [3.05, 3.63) is 57.7 Å². The highest BCUT2D eigenvalue weighted by molar-refractivity contribution is 7.80. The third-order valence-electron chi connectivity index (χ3n) is 5.14. The lowest BCUT2D eigenvalue weighted by Crippen LogP contribution is -2.58. The van der Waals surface area contributed by atoms with Crippen LogP contribution in [0.4, 0.5) is 8.78 Å². The van der Waals surface area contributed by atoms with Gasteiger partial charge in [0, 0.05) is 29.1 Å². The lowest BCUT2D eigenvalue weighted by atomic mass is 10.1. The molecule has 1 aliphatic rings. The molecule has 3 aromatic rings. The first-order chi connectivity index (χ1) is 15.6. The van der Waals surface area contributed by atoms with Gasteiger partial charge >= 0.3 is 0 Å². The van der Waals surface area contributed by atoms with Crippen LogP contribution in [-0.4, -0.2) is 46.9 Å². The van der Waals surface area contributed by atoms with Gasteiger partial charge in [0.15, 0.2) is 5.75 Å². The molecule has 1 aliphatic heterocycles. The van der Waals surface area contributed by atoms with E-state index in [2.05, 4.69) is 4.98 Å². The van der Waals surface area contributed by atoms with Crippen LogP contribution in [0.3, 0.4) is 0 Å². The van der Waals surface area contributed by atoms with Crippen LogP contribution in [-0.2, 0) is 6.42 Å². The number of halogens is 4. The van der Waals surface area contributed by atoms with Crippen molar-refractivity contribution in [2.24, 2.45) is 5.73 Å². The number of methoxy groups -OCH3 is 1. The fraction of sp³-hybridized carbons (Fsp3) is 0.227. The Labute approximate surface area is 203 Å². The number of rotatable bonds is 6. The molecule has 0 spiro atoms. The van der Waals surface area contributed by atoms with Gasteiger partial charge in [-0.05, 0) is 23.8 Å². The Morgan fingerprint density at radius 2 is 1.97 bits per heavy atom. The Morgan fingerprint density at radius 3 is 2.58 bits per heavy atom. The second-order valence-corrected chi connectivity index (χ2v) is 8.79. The molecular formula is C22H17Cl2F2N3O3S. The molecule has 0 atom stereocenters. The minimum Gasteiger partial charge on any atom is -0.496 e. The van der Waals surface area contributed by atoms with E-state index in [4.69, 9.17) is 50.6 Å². The number of nitrogens with two attached hydrogens (primary N) is 1. The van der Waals surface area contributed by atoms with Crippen LogP contribution in [0.25, 0.3) is 10.9 Å². The number of fused-ring (bicyclic) bond motifs is 1.